The molecule has 0 fully saturated rings. The number of hydrogen-bond donors (Lipinski definition) is 2. The van der Waals surface area contributed by atoms with Crippen LogP contribution in [0.3, 0.4) is 0 Å². The molecule has 4 aromatic rings. The summed E-state index contributed by atoms with van der Waals surface area (Å²) < 4.78 is 26.4. The highest BCUT2D eigenvalue weighted by atomic mass is 32.2. The second-order valence-electron chi connectivity index (χ2n) is 7.58. The van der Waals surface area contributed by atoms with Gasteiger partial charge in [-0.25, -0.2) is 8.42 Å². The van der Waals surface area contributed by atoms with E-state index in [4.69, 9.17) is 5.73 Å². The normalized spacial score (nSPS) is 12.2. The Morgan fingerprint density at radius 2 is 1.27 bits per heavy atom. The van der Waals surface area contributed by atoms with Crippen molar-refractivity contribution in [2.24, 2.45) is 5.73 Å². The summed E-state index contributed by atoms with van der Waals surface area (Å²) >= 11 is 0. The first-order valence-electron chi connectivity index (χ1n) is 10.5. The predicted octanol–water partition coefficient (Wildman–Crippen LogP) is 4.71. The van der Waals surface area contributed by atoms with Gasteiger partial charge in [0.05, 0.1) is 4.90 Å². The van der Waals surface area contributed by atoms with E-state index < -0.39 is 15.2 Å². The van der Waals surface area contributed by atoms with Gasteiger partial charge in [-0.3, -0.25) is 4.79 Å². The Bertz CT molecular complexity index is 1350. The lowest BCUT2D eigenvalue weighted by atomic mass is 9.95. The molecule has 3 N–H and O–H groups in total. The van der Waals surface area contributed by atoms with Crippen molar-refractivity contribution in [3.8, 4) is 11.1 Å². The fourth-order valence-corrected chi connectivity index (χ4v) is 5.07. The third kappa shape index (κ3) is 4.87. The Kier molecular flexibility index (Phi) is 6.68. The van der Waals surface area contributed by atoms with E-state index in [2.05, 4.69) is 5.32 Å². The van der Waals surface area contributed by atoms with Crippen LogP contribution >= 0.6 is 0 Å². The van der Waals surface area contributed by atoms with Crippen LogP contribution in [0.25, 0.3) is 11.1 Å². The molecule has 4 rings (SSSR count). The van der Waals surface area contributed by atoms with Gasteiger partial charge in [0, 0.05) is 12.1 Å². The van der Waals surface area contributed by atoms with Crippen LogP contribution in [0, 0.1) is 0 Å². The van der Waals surface area contributed by atoms with E-state index in [-0.39, 0.29) is 10.8 Å². The number of sulfone groups is 1. The Balaban J connectivity index is 1.70. The van der Waals surface area contributed by atoms with Gasteiger partial charge in [-0.1, -0.05) is 91.0 Å². The van der Waals surface area contributed by atoms with Crippen LogP contribution in [-0.4, -0.2) is 14.3 Å². The van der Waals surface area contributed by atoms with Crippen LogP contribution in [0.2, 0.25) is 0 Å². The molecule has 0 heterocycles. The highest BCUT2D eigenvalue weighted by Gasteiger charge is 2.28. The highest BCUT2D eigenvalue weighted by Crippen LogP contribution is 2.34. The zero-order valence-corrected chi connectivity index (χ0v) is 18.7. The second kappa shape index (κ2) is 9.81. The summed E-state index contributed by atoms with van der Waals surface area (Å²) in [6.45, 7) is 0.386. The van der Waals surface area contributed by atoms with Gasteiger partial charge < -0.3 is 11.1 Å². The van der Waals surface area contributed by atoms with E-state index in [0.717, 1.165) is 5.56 Å². The van der Waals surface area contributed by atoms with Crippen molar-refractivity contribution < 1.29 is 13.2 Å². The maximum Gasteiger partial charge on any atom is 0.252 e. The quantitative estimate of drug-likeness (QED) is 0.421. The SMILES string of the molecule is NC(c1ccccc1-c1ccccc1C(=O)NCc1ccccc1)S(=O)(=O)c1ccccc1. The van der Waals surface area contributed by atoms with Gasteiger partial charge in [0.15, 0.2) is 9.84 Å². The summed E-state index contributed by atoms with van der Waals surface area (Å²) in [5.41, 5.74) is 9.41. The standard InChI is InChI=1S/C27H24N2O3S/c28-26(33(31,32)21-13-5-2-6-14-21)24-17-9-7-15-22(24)23-16-8-10-18-25(23)27(30)29-19-20-11-3-1-4-12-20/h1-18,26H,19,28H2,(H,29,30). The van der Waals surface area contributed by atoms with Gasteiger partial charge in [0.25, 0.3) is 5.91 Å². The molecule has 5 nitrogen and oxygen atoms in total. The van der Waals surface area contributed by atoms with E-state index >= 15 is 0 Å². The molecule has 4 aromatic carbocycles. The van der Waals surface area contributed by atoms with Gasteiger partial charge >= 0.3 is 0 Å². The van der Waals surface area contributed by atoms with Crippen LogP contribution in [0.1, 0.15) is 26.9 Å². The summed E-state index contributed by atoms with van der Waals surface area (Å²) in [7, 11) is -3.82. The van der Waals surface area contributed by atoms with Crippen molar-refractivity contribution in [2.75, 3.05) is 0 Å². The minimum absolute atomic E-state index is 0.154. The van der Waals surface area contributed by atoms with E-state index in [0.29, 0.717) is 28.8 Å². The Labute approximate surface area is 193 Å². The molecule has 0 bridgehead atoms. The largest absolute Gasteiger partial charge is 0.348 e. The maximum atomic E-state index is 13.2. The van der Waals surface area contributed by atoms with Crippen LogP contribution < -0.4 is 11.1 Å². The van der Waals surface area contributed by atoms with Crippen molar-refractivity contribution in [3.63, 3.8) is 0 Å². The first-order chi connectivity index (χ1) is 16.0. The van der Waals surface area contributed by atoms with Gasteiger partial charge in [-0.05, 0) is 40.5 Å². The third-order valence-electron chi connectivity index (χ3n) is 5.43. The van der Waals surface area contributed by atoms with Crippen molar-refractivity contribution in [1.29, 1.82) is 0 Å². The first kappa shape index (κ1) is 22.5. The zero-order valence-electron chi connectivity index (χ0n) is 17.9. The van der Waals surface area contributed by atoms with Gasteiger partial charge in [-0.2, -0.15) is 0 Å². The number of nitrogens with one attached hydrogen (secondary N) is 1. The summed E-state index contributed by atoms with van der Waals surface area (Å²) in [6.07, 6.45) is 0. The molecule has 1 amide bonds. The lowest BCUT2D eigenvalue weighted by molar-refractivity contribution is 0.0951. The van der Waals surface area contributed by atoms with Crippen molar-refractivity contribution >= 4 is 15.7 Å². The summed E-state index contributed by atoms with van der Waals surface area (Å²) in [4.78, 5) is 13.2. The number of benzene rings is 4. The molecular weight excluding hydrogens is 432 g/mol. The Morgan fingerprint density at radius 3 is 1.97 bits per heavy atom. The fourth-order valence-electron chi connectivity index (χ4n) is 3.70. The monoisotopic (exact) mass is 456 g/mol. The molecule has 0 aromatic heterocycles. The Hall–Kier alpha value is -3.74. The van der Waals surface area contributed by atoms with Gasteiger partial charge in [0.2, 0.25) is 0 Å². The summed E-state index contributed by atoms with van der Waals surface area (Å²) in [5, 5.41) is 1.66. The van der Waals surface area contributed by atoms with Crippen LogP contribution in [0.5, 0.6) is 0 Å². The molecule has 33 heavy (non-hydrogen) atoms. The molecule has 0 aliphatic carbocycles. The van der Waals surface area contributed by atoms with Gasteiger partial charge in [0.1, 0.15) is 5.37 Å². The minimum atomic E-state index is -3.82. The summed E-state index contributed by atoms with van der Waals surface area (Å²) in [6, 6.07) is 31.9. The topological polar surface area (TPSA) is 89.3 Å². The molecule has 0 spiro atoms. The molecule has 0 saturated heterocycles. The Morgan fingerprint density at radius 1 is 0.727 bits per heavy atom. The minimum Gasteiger partial charge on any atom is -0.348 e. The highest BCUT2D eigenvalue weighted by molar-refractivity contribution is 7.91. The zero-order chi connectivity index (χ0) is 23.3. The lowest BCUT2D eigenvalue weighted by Crippen LogP contribution is -2.24. The number of rotatable bonds is 7. The first-order valence-corrected chi connectivity index (χ1v) is 12.1. The molecule has 0 radical (unpaired) electrons. The molecule has 1 atom stereocenters. The molecule has 0 aliphatic heterocycles. The van der Waals surface area contributed by atoms with Crippen LogP contribution in [-0.2, 0) is 16.4 Å². The maximum absolute atomic E-state index is 13.2. The van der Waals surface area contributed by atoms with Gasteiger partial charge in [-0.15, -0.1) is 0 Å². The number of amides is 1. The number of carbonyl (C=O) groups excluding carboxylic acids is 1. The van der Waals surface area contributed by atoms with E-state index in [1.165, 1.54) is 12.1 Å². The average Bonchev–Trinajstić information content (AvgIpc) is 2.88. The molecule has 0 aliphatic rings. The van der Waals surface area contributed by atoms with E-state index in [1.54, 1.807) is 60.7 Å². The fraction of sp³-hybridized carbons (Fsp3) is 0.0741. The van der Waals surface area contributed by atoms with Crippen LogP contribution in [0.15, 0.2) is 114 Å². The lowest BCUT2D eigenvalue weighted by Gasteiger charge is -2.19. The molecule has 0 saturated carbocycles. The van der Waals surface area contributed by atoms with Crippen molar-refractivity contribution in [1.82, 2.24) is 5.32 Å². The van der Waals surface area contributed by atoms with E-state index in [1.807, 2.05) is 36.4 Å². The smallest absolute Gasteiger partial charge is 0.252 e. The third-order valence-corrected chi connectivity index (χ3v) is 7.28. The number of hydrogen-bond acceptors (Lipinski definition) is 4. The number of carbonyl (C=O) groups is 1. The molecular formula is C27H24N2O3S. The molecule has 1 unspecified atom stereocenters. The molecule has 166 valence electrons. The molecule has 6 heteroatoms. The number of nitrogens with two attached hydrogens (primary N) is 1. The summed E-state index contributed by atoms with van der Waals surface area (Å²) in [5.74, 6) is -0.247. The van der Waals surface area contributed by atoms with Crippen LogP contribution in [0.4, 0.5) is 0 Å². The predicted molar refractivity (Wildman–Crippen MR) is 130 cm³/mol. The second-order valence-corrected chi connectivity index (χ2v) is 9.65. The average molecular weight is 457 g/mol. The van der Waals surface area contributed by atoms with E-state index in [9.17, 15) is 13.2 Å². The van der Waals surface area contributed by atoms with Crippen molar-refractivity contribution in [2.45, 2.75) is 16.8 Å². The van der Waals surface area contributed by atoms with Crippen molar-refractivity contribution in [3.05, 3.63) is 126 Å².